The van der Waals surface area contributed by atoms with Crippen molar-refractivity contribution in [2.75, 3.05) is 14.2 Å². The van der Waals surface area contributed by atoms with Gasteiger partial charge in [-0.05, 0) is 19.1 Å². The van der Waals surface area contributed by atoms with Crippen molar-refractivity contribution >= 4 is 17.3 Å². The maximum atomic E-state index is 11.9. The highest BCUT2D eigenvalue weighted by Gasteiger charge is 2.26. The van der Waals surface area contributed by atoms with Crippen LogP contribution in [0.1, 0.15) is 22.8 Å². The van der Waals surface area contributed by atoms with Crippen LogP contribution in [0.15, 0.2) is 40.8 Å². The van der Waals surface area contributed by atoms with Gasteiger partial charge in [-0.2, -0.15) is 0 Å². The van der Waals surface area contributed by atoms with Gasteiger partial charge in [0.15, 0.2) is 6.29 Å². The average molecular weight is 398 g/mol. The second kappa shape index (κ2) is 7.89. The van der Waals surface area contributed by atoms with Crippen LogP contribution in [0.4, 0.5) is 0 Å². The van der Waals surface area contributed by atoms with Crippen molar-refractivity contribution in [2.24, 2.45) is 0 Å². The summed E-state index contributed by atoms with van der Waals surface area (Å²) in [6.45, 7) is 5.40. The summed E-state index contributed by atoms with van der Waals surface area (Å²) in [7, 11) is 2.86. The molecule has 0 radical (unpaired) electrons. The number of benzene rings is 2. The number of phenols is 2. The van der Waals surface area contributed by atoms with E-state index < -0.39 is 6.10 Å². The van der Waals surface area contributed by atoms with Crippen molar-refractivity contribution in [1.29, 1.82) is 0 Å². The third-order valence-corrected chi connectivity index (χ3v) is 4.79. The number of phenolic OH excluding ortho intramolecular Hbond substituents is 2. The highest BCUT2D eigenvalue weighted by Crippen LogP contribution is 2.45. The second-order valence-electron chi connectivity index (χ2n) is 6.69. The third kappa shape index (κ3) is 3.52. The average Bonchev–Trinajstić information content (AvgIpc) is 3.07. The van der Waals surface area contributed by atoms with E-state index in [-0.39, 0.29) is 40.2 Å². The molecule has 1 aromatic heterocycles. The summed E-state index contributed by atoms with van der Waals surface area (Å²) in [6.07, 6.45) is -0.254. The van der Waals surface area contributed by atoms with Gasteiger partial charge >= 0.3 is 0 Å². The van der Waals surface area contributed by atoms with Crippen molar-refractivity contribution in [3.05, 3.63) is 47.5 Å². The molecule has 3 aromatic rings. The Kier molecular flexibility index (Phi) is 5.52. The lowest BCUT2D eigenvalue weighted by Gasteiger charge is -2.15. The number of carbonyl (C=O) groups excluding carboxylic acids is 1. The quantitative estimate of drug-likeness (QED) is 0.410. The number of methoxy groups -OCH3 is 2. The van der Waals surface area contributed by atoms with E-state index >= 15 is 0 Å². The van der Waals surface area contributed by atoms with Gasteiger partial charge in [0.25, 0.3) is 0 Å². The van der Waals surface area contributed by atoms with Crippen molar-refractivity contribution < 1.29 is 34.0 Å². The van der Waals surface area contributed by atoms with Crippen molar-refractivity contribution in [2.45, 2.75) is 19.4 Å². The van der Waals surface area contributed by atoms with Gasteiger partial charge in [0, 0.05) is 24.1 Å². The first kappa shape index (κ1) is 20.3. The third-order valence-electron chi connectivity index (χ3n) is 4.79. The minimum absolute atomic E-state index is 0.00468. The number of hydrogen-bond donors (Lipinski definition) is 3. The molecule has 0 unspecified atom stereocenters. The zero-order valence-electron chi connectivity index (χ0n) is 16.4. The maximum absolute atomic E-state index is 11.9. The van der Waals surface area contributed by atoms with Gasteiger partial charge in [0.2, 0.25) is 0 Å². The van der Waals surface area contributed by atoms with Crippen LogP contribution < -0.4 is 9.47 Å². The molecule has 0 aliphatic carbocycles. The van der Waals surface area contributed by atoms with Gasteiger partial charge in [-0.1, -0.05) is 12.2 Å². The summed E-state index contributed by atoms with van der Waals surface area (Å²) in [6, 6.07) is 5.94. The molecule has 0 fully saturated rings. The number of furan rings is 1. The van der Waals surface area contributed by atoms with Crippen LogP contribution in [0.5, 0.6) is 23.0 Å². The number of aromatic hydroxyl groups is 2. The monoisotopic (exact) mass is 398 g/mol. The maximum Gasteiger partial charge on any atom is 0.154 e. The SMILES string of the molecule is C=C(C)[C@H](O)Cc1c(OC)cc2oc(-c3ccc(O)cc3OC)c(C=O)c2c1O. The predicted octanol–water partition coefficient (Wildman–Crippen LogP) is 3.82. The molecule has 0 spiro atoms. The number of rotatable bonds is 7. The van der Waals surface area contributed by atoms with E-state index in [2.05, 4.69) is 6.58 Å². The van der Waals surface area contributed by atoms with Gasteiger partial charge in [0.05, 0.1) is 36.8 Å². The minimum atomic E-state index is -0.893. The number of ether oxygens (including phenoxy) is 2. The van der Waals surface area contributed by atoms with E-state index in [4.69, 9.17) is 13.9 Å². The molecule has 1 heterocycles. The zero-order valence-corrected chi connectivity index (χ0v) is 16.4. The lowest BCUT2D eigenvalue weighted by molar-refractivity contribution is 0.112. The first-order valence-corrected chi connectivity index (χ1v) is 8.83. The first-order valence-electron chi connectivity index (χ1n) is 8.83. The number of fused-ring (bicyclic) bond motifs is 1. The highest BCUT2D eigenvalue weighted by molar-refractivity contribution is 6.07. The molecule has 0 saturated heterocycles. The Balaban J connectivity index is 2.30. The Hall–Kier alpha value is -3.45. The smallest absolute Gasteiger partial charge is 0.154 e. The molecule has 3 N–H and O–H groups in total. The molecule has 2 aromatic carbocycles. The molecule has 3 rings (SSSR count). The van der Waals surface area contributed by atoms with Crippen LogP contribution in [0.3, 0.4) is 0 Å². The molecule has 29 heavy (non-hydrogen) atoms. The second-order valence-corrected chi connectivity index (χ2v) is 6.69. The zero-order chi connectivity index (χ0) is 21.3. The molecule has 7 nitrogen and oxygen atoms in total. The van der Waals surface area contributed by atoms with E-state index in [1.54, 1.807) is 19.1 Å². The molecule has 0 saturated carbocycles. The van der Waals surface area contributed by atoms with Gasteiger partial charge in [-0.25, -0.2) is 0 Å². The van der Waals surface area contributed by atoms with E-state index in [0.717, 1.165) is 0 Å². The van der Waals surface area contributed by atoms with Crippen molar-refractivity contribution in [3.63, 3.8) is 0 Å². The van der Waals surface area contributed by atoms with Crippen LogP contribution in [-0.4, -0.2) is 41.9 Å². The molecule has 0 aliphatic rings. The Morgan fingerprint density at radius 3 is 2.48 bits per heavy atom. The highest BCUT2D eigenvalue weighted by atomic mass is 16.5. The van der Waals surface area contributed by atoms with Crippen molar-refractivity contribution in [1.82, 2.24) is 0 Å². The number of hydrogen-bond acceptors (Lipinski definition) is 7. The van der Waals surface area contributed by atoms with Gasteiger partial charge < -0.3 is 29.2 Å². The standard InChI is InChI=1S/C22H22O7/c1-11(2)16(25)8-14-18(28-4)9-19-20(21(14)26)15(10-23)22(29-19)13-6-5-12(24)7-17(13)27-3/h5-7,9-10,16,24-26H,1,8H2,2-4H3/t16-/m1/s1. The van der Waals surface area contributed by atoms with Gasteiger partial charge in [0.1, 0.15) is 34.3 Å². The van der Waals surface area contributed by atoms with Crippen molar-refractivity contribution in [3.8, 4) is 34.3 Å². The summed E-state index contributed by atoms with van der Waals surface area (Å²) in [4.78, 5) is 11.9. The molecule has 0 amide bonds. The molecule has 7 heteroatoms. The predicted molar refractivity (Wildman–Crippen MR) is 108 cm³/mol. The van der Waals surface area contributed by atoms with Gasteiger partial charge in [-0.15, -0.1) is 0 Å². The fourth-order valence-corrected chi connectivity index (χ4v) is 3.21. The molecule has 0 bridgehead atoms. The normalized spacial score (nSPS) is 12.0. The lowest BCUT2D eigenvalue weighted by Crippen LogP contribution is -2.12. The molecular formula is C22H22O7. The van der Waals surface area contributed by atoms with E-state index in [1.807, 2.05) is 0 Å². The molecular weight excluding hydrogens is 376 g/mol. The first-order chi connectivity index (χ1) is 13.8. The topological polar surface area (TPSA) is 109 Å². The van der Waals surface area contributed by atoms with Crippen LogP contribution in [0, 0.1) is 0 Å². The minimum Gasteiger partial charge on any atom is -0.508 e. The van der Waals surface area contributed by atoms with Crippen LogP contribution in [-0.2, 0) is 6.42 Å². The summed E-state index contributed by atoms with van der Waals surface area (Å²) in [5.74, 6) is 0.577. The lowest BCUT2D eigenvalue weighted by atomic mass is 9.97. The number of aliphatic hydroxyl groups excluding tert-OH is 1. The number of carbonyl (C=O) groups is 1. The van der Waals surface area contributed by atoms with Crippen LogP contribution >= 0.6 is 0 Å². The molecule has 1 atom stereocenters. The number of aldehydes is 1. The fraction of sp³-hybridized carbons (Fsp3) is 0.227. The van der Waals surface area contributed by atoms with Gasteiger partial charge in [-0.3, -0.25) is 4.79 Å². The molecule has 0 aliphatic heterocycles. The summed E-state index contributed by atoms with van der Waals surface area (Å²) < 4.78 is 16.5. The Labute approximate surface area is 167 Å². The number of aliphatic hydroxyl groups is 1. The van der Waals surface area contributed by atoms with E-state index in [0.29, 0.717) is 34.5 Å². The van der Waals surface area contributed by atoms with E-state index in [1.165, 1.54) is 26.4 Å². The van der Waals surface area contributed by atoms with E-state index in [9.17, 15) is 20.1 Å². The fourth-order valence-electron chi connectivity index (χ4n) is 3.21. The Bertz CT molecular complexity index is 1090. The Morgan fingerprint density at radius 2 is 1.90 bits per heavy atom. The Morgan fingerprint density at radius 1 is 1.21 bits per heavy atom. The summed E-state index contributed by atoms with van der Waals surface area (Å²) >= 11 is 0. The largest absolute Gasteiger partial charge is 0.508 e. The van der Waals surface area contributed by atoms with Crippen LogP contribution in [0.25, 0.3) is 22.3 Å². The summed E-state index contributed by atoms with van der Waals surface area (Å²) in [5, 5.41) is 31.0. The summed E-state index contributed by atoms with van der Waals surface area (Å²) in [5.41, 5.74) is 1.66. The molecule has 152 valence electrons. The van der Waals surface area contributed by atoms with Crippen LogP contribution in [0.2, 0.25) is 0 Å².